The normalized spacial score (nSPS) is 15.6. The first-order valence-electron chi connectivity index (χ1n) is 8.13. The third kappa shape index (κ3) is 3.72. The zero-order valence-electron chi connectivity index (χ0n) is 14.1. The molecule has 1 aliphatic rings. The zero-order valence-corrected chi connectivity index (χ0v) is 14.9. The first-order valence-corrected chi connectivity index (χ1v) is 9.57. The van der Waals surface area contributed by atoms with Crippen molar-refractivity contribution in [1.82, 2.24) is 14.5 Å². The number of nitrogens with one attached hydrogen (secondary N) is 1. The standard InChI is InChI=1S/C16H20N4O4S/c1-11(2)15-18-19-16(24-15)17-14(21)12-5-7-13(8-6-12)25(22,23)20-9-3-4-10-20/h5-8,11H,3-4,9-10H2,1-2H3,(H,17,19,21). The molecule has 1 aromatic heterocycles. The number of nitrogens with zero attached hydrogens (tertiary/aromatic N) is 3. The molecule has 1 amide bonds. The molecule has 8 nitrogen and oxygen atoms in total. The van der Waals surface area contributed by atoms with Gasteiger partial charge in [0.25, 0.3) is 5.91 Å². The number of hydrogen-bond donors (Lipinski definition) is 1. The molecule has 9 heteroatoms. The average molecular weight is 364 g/mol. The molecule has 1 aliphatic heterocycles. The summed E-state index contributed by atoms with van der Waals surface area (Å²) in [6, 6.07) is 5.84. The Morgan fingerprint density at radius 1 is 1.16 bits per heavy atom. The molecule has 134 valence electrons. The first kappa shape index (κ1) is 17.6. The van der Waals surface area contributed by atoms with E-state index in [1.165, 1.54) is 28.6 Å². The largest absolute Gasteiger partial charge is 0.408 e. The van der Waals surface area contributed by atoms with Gasteiger partial charge in [0.05, 0.1) is 4.90 Å². The van der Waals surface area contributed by atoms with Gasteiger partial charge >= 0.3 is 6.01 Å². The summed E-state index contributed by atoms with van der Waals surface area (Å²) in [6.07, 6.45) is 1.75. The van der Waals surface area contributed by atoms with Gasteiger partial charge in [0, 0.05) is 24.6 Å². The summed E-state index contributed by atoms with van der Waals surface area (Å²) in [6.45, 7) is 4.89. The van der Waals surface area contributed by atoms with Crippen LogP contribution in [0.5, 0.6) is 0 Å². The molecule has 0 aliphatic carbocycles. The van der Waals surface area contributed by atoms with Crippen LogP contribution in [0.15, 0.2) is 33.6 Å². The summed E-state index contributed by atoms with van der Waals surface area (Å²) < 4.78 is 31.7. The number of benzene rings is 1. The third-order valence-corrected chi connectivity index (χ3v) is 5.89. The highest BCUT2D eigenvalue weighted by Crippen LogP contribution is 2.21. The van der Waals surface area contributed by atoms with Crippen molar-refractivity contribution < 1.29 is 17.6 Å². The number of carbonyl (C=O) groups excluding carboxylic acids is 1. The molecule has 25 heavy (non-hydrogen) atoms. The van der Waals surface area contributed by atoms with Crippen LogP contribution in [0.3, 0.4) is 0 Å². The molecule has 1 aromatic carbocycles. The summed E-state index contributed by atoms with van der Waals surface area (Å²) in [5.41, 5.74) is 0.310. The second-order valence-corrected chi connectivity index (χ2v) is 8.13. The topological polar surface area (TPSA) is 105 Å². The summed E-state index contributed by atoms with van der Waals surface area (Å²) in [4.78, 5) is 12.4. The van der Waals surface area contributed by atoms with Gasteiger partial charge < -0.3 is 4.42 Å². The van der Waals surface area contributed by atoms with E-state index in [1.54, 1.807) is 0 Å². The Balaban J connectivity index is 1.72. The molecule has 0 radical (unpaired) electrons. The van der Waals surface area contributed by atoms with Crippen LogP contribution in [0.2, 0.25) is 0 Å². The van der Waals surface area contributed by atoms with E-state index in [1.807, 2.05) is 13.8 Å². The lowest BCUT2D eigenvalue weighted by atomic mass is 10.2. The Labute approximate surface area is 146 Å². The molecule has 0 saturated carbocycles. The van der Waals surface area contributed by atoms with E-state index in [-0.39, 0.29) is 16.8 Å². The van der Waals surface area contributed by atoms with Crippen molar-refractivity contribution in [3.8, 4) is 0 Å². The molecule has 2 aromatic rings. The fourth-order valence-corrected chi connectivity index (χ4v) is 4.06. The maximum absolute atomic E-state index is 12.5. The number of sulfonamides is 1. The van der Waals surface area contributed by atoms with Crippen molar-refractivity contribution in [3.63, 3.8) is 0 Å². The highest BCUT2D eigenvalue weighted by Gasteiger charge is 2.27. The van der Waals surface area contributed by atoms with Crippen LogP contribution in [-0.2, 0) is 10.0 Å². The minimum atomic E-state index is -3.49. The summed E-state index contributed by atoms with van der Waals surface area (Å²) in [5, 5.41) is 10.1. The van der Waals surface area contributed by atoms with Crippen LogP contribution in [0.25, 0.3) is 0 Å². The third-order valence-electron chi connectivity index (χ3n) is 3.97. The van der Waals surface area contributed by atoms with Gasteiger partial charge in [0.2, 0.25) is 15.9 Å². The molecule has 2 heterocycles. The molecular formula is C16H20N4O4S. The van der Waals surface area contributed by atoms with Gasteiger partial charge in [0.15, 0.2) is 0 Å². The number of rotatable bonds is 5. The molecule has 0 bridgehead atoms. The minimum Gasteiger partial charge on any atom is -0.408 e. The van der Waals surface area contributed by atoms with E-state index < -0.39 is 15.9 Å². The van der Waals surface area contributed by atoms with Gasteiger partial charge in [-0.3, -0.25) is 10.1 Å². The molecule has 0 spiro atoms. The summed E-state index contributed by atoms with van der Waals surface area (Å²) in [5.74, 6) is 0.0552. The second-order valence-electron chi connectivity index (χ2n) is 6.19. The van der Waals surface area contributed by atoms with Gasteiger partial charge in [-0.15, -0.1) is 5.10 Å². The van der Waals surface area contributed by atoms with Crippen molar-refractivity contribution >= 4 is 21.9 Å². The number of hydrogen-bond acceptors (Lipinski definition) is 6. The maximum Gasteiger partial charge on any atom is 0.322 e. The summed E-state index contributed by atoms with van der Waals surface area (Å²) in [7, 11) is -3.49. The smallest absolute Gasteiger partial charge is 0.322 e. The number of amides is 1. The van der Waals surface area contributed by atoms with Crippen molar-refractivity contribution in [2.75, 3.05) is 18.4 Å². The van der Waals surface area contributed by atoms with Crippen LogP contribution >= 0.6 is 0 Å². The Bertz CT molecular complexity index is 853. The second kappa shape index (κ2) is 6.93. The monoisotopic (exact) mass is 364 g/mol. The maximum atomic E-state index is 12.5. The van der Waals surface area contributed by atoms with Crippen LogP contribution in [0.1, 0.15) is 48.9 Å². The lowest BCUT2D eigenvalue weighted by Gasteiger charge is -2.15. The molecule has 0 unspecified atom stereocenters. The lowest BCUT2D eigenvalue weighted by molar-refractivity contribution is 0.102. The van der Waals surface area contributed by atoms with Crippen LogP contribution in [-0.4, -0.2) is 41.9 Å². The Kier molecular flexibility index (Phi) is 4.87. The van der Waals surface area contributed by atoms with Crippen LogP contribution in [0.4, 0.5) is 6.01 Å². The SMILES string of the molecule is CC(C)c1nnc(NC(=O)c2ccc(S(=O)(=O)N3CCCC3)cc2)o1. The fourth-order valence-electron chi connectivity index (χ4n) is 2.54. The summed E-state index contributed by atoms with van der Waals surface area (Å²) >= 11 is 0. The Morgan fingerprint density at radius 2 is 1.80 bits per heavy atom. The quantitative estimate of drug-likeness (QED) is 0.872. The number of carbonyl (C=O) groups is 1. The van der Waals surface area contributed by atoms with Crippen LogP contribution in [0, 0.1) is 0 Å². The van der Waals surface area contributed by atoms with E-state index in [0.29, 0.717) is 24.5 Å². The molecular weight excluding hydrogens is 344 g/mol. The average Bonchev–Trinajstić information content (AvgIpc) is 3.27. The molecule has 0 atom stereocenters. The van der Waals surface area contributed by atoms with Crippen molar-refractivity contribution in [1.29, 1.82) is 0 Å². The Morgan fingerprint density at radius 3 is 2.36 bits per heavy atom. The van der Waals surface area contributed by atoms with E-state index in [0.717, 1.165) is 12.8 Å². The van der Waals surface area contributed by atoms with E-state index in [4.69, 9.17) is 4.42 Å². The van der Waals surface area contributed by atoms with E-state index in [2.05, 4.69) is 15.5 Å². The van der Waals surface area contributed by atoms with Crippen molar-refractivity contribution in [3.05, 3.63) is 35.7 Å². The number of aromatic nitrogens is 2. The van der Waals surface area contributed by atoms with Gasteiger partial charge in [-0.2, -0.15) is 4.31 Å². The van der Waals surface area contributed by atoms with E-state index in [9.17, 15) is 13.2 Å². The van der Waals surface area contributed by atoms with Crippen LogP contribution < -0.4 is 5.32 Å². The molecule has 1 N–H and O–H groups in total. The predicted octanol–water partition coefficient (Wildman–Crippen LogP) is 2.23. The molecule has 1 saturated heterocycles. The highest BCUT2D eigenvalue weighted by atomic mass is 32.2. The fraction of sp³-hybridized carbons (Fsp3) is 0.438. The van der Waals surface area contributed by atoms with Gasteiger partial charge in [-0.1, -0.05) is 18.9 Å². The minimum absolute atomic E-state index is 0.0162. The van der Waals surface area contributed by atoms with Crippen molar-refractivity contribution in [2.24, 2.45) is 0 Å². The molecule has 1 fully saturated rings. The van der Waals surface area contributed by atoms with Gasteiger partial charge in [0.1, 0.15) is 0 Å². The zero-order chi connectivity index (χ0) is 18.0. The number of anilines is 1. The van der Waals surface area contributed by atoms with Gasteiger partial charge in [-0.05, 0) is 37.1 Å². The first-order chi connectivity index (χ1) is 11.9. The van der Waals surface area contributed by atoms with Crippen molar-refractivity contribution in [2.45, 2.75) is 37.5 Å². The van der Waals surface area contributed by atoms with E-state index >= 15 is 0 Å². The lowest BCUT2D eigenvalue weighted by Crippen LogP contribution is -2.27. The highest BCUT2D eigenvalue weighted by molar-refractivity contribution is 7.89. The Hall–Kier alpha value is -2.26. The predicted molar refractivity (Wildman–Crippen MR) is 90.8 cm³/mol. The molecule has 3 rings (SSSR count). The van der Waals surface area contributed by atoms with Gasteiger partial charge in [-0.25, -0.2) is 8.42 Å².